The lowest BCUT2D eigenvalue weighted by molar-refractivity contribution is -0.170. The van der Waals surface area contributed by atoms with E-state index in [1.54, 1.807) is 12.1 Å². The predicted molar refractivity (Wildman–Crippen MR) is 109 cm³/mol. The standard InChI is InChI=1S/C24H24O5/c1-28-23(27)22(26)24(19-8-4-2-5-9-19,20-10-6-3-7-11-20)29-17-16-18-12-14-21(25)15-13-18/h2-15,22,25-26H,16-17H2,1H3. The number of methoxy groups -OCH3 is 1. The van der Waals surface area contributed by atoms with Crippen LogP contribution in [0.15, 0.2) is 84.9 Å². The molecule has 3 aromatic carbocycles. The number of carbonyl (C=O) groups is 1. The molecule has 29 heavy (non-hydrogen) atoms. The molecule has 0 fully saturated rings. The van der Waals surface area contributed by atoms with Crippen molar-refractivity contribution in [2.24, 2.45) is 0 Å². The molecular weight excluding hydrogens is 368 g/mol. The number of carbonyl (C=O) groups excluding carboxylic acids is 1. The van der Waals surface area contributed by atoms with Crippen LogP contribution in [0.5, 0.6) is 5.75 Å². The number of esters is 1. The van der Waals surface area contributed by atoms with E-state index in [4.69, 9.17) is 9.47 Å². The molecular formula is C24H24O5. The molecule has 1 unspecified atom stereocenters. The van der Waals surface area contributed by atoms with E-state index in [0.29, 0.717) is 17.5 Å². The van der Waals surface area contributed by atoms with Crippen LogP contribution < -0.4 is 0 Å². The highest BCUT2D eigenvalue weighted by Gasteiger charge is 2.47. The minimum absolute atomic E-state index is 0.193. The Kier molecular flexibility index (Phi) is 6.65. The number of aliphatic hydroxyl groups excluding tert-OH is 1. The number of benzene rings is 3. The van der Waals surface area contributed by atoms with Crippen molar-refractivity contribution in [3.05, 3.63) is 102 Å². The van der Waals surface area contributed by atoms with Crippen LogP contribution in [0.4, 0.5) is 0 Å². The first-order valence-electron chi connectivity index (χ1n) is 9.36. The number of phenolic OH excluding ortho intramolecular Hbond substituents is 1. The Hall–Kier alpha value is -3.15. The maximum absolute atomic E-state index is 12.4. The molecule has 1 atom stereocenters. The summed E-state index contributed by atoms with van der Waals surface area (Å²) in [6.07, 6.45) is -1.02. The molecule has 0 spiro atoms. The molecule has 0 saturated carbocycles. The van der Waals surface area contributed by atoms with Gasteiger partial charge in [0.1, 0.15) is 5.75 Å². The van der Waals surface area contributed by atoms with E-state index in [1.165, 1.54) is 7.11 Å². The molecule has 0 aliphatic rings. The summed E-state index contributed by atoms with van der Waals surface area (Å²) in [6.45, 7) is 0.239. The molecule has 0 aliphatic carbocycles. The Bertz CT molecular complexity index is 868. The molecule has 3 rings (SSSR count). The van der Waals surface area contributed by atoms with Gasteiger partial charge in [0.05, 0.1) is 13.7 Å². The molecule has 150 valence electrons. The van der Waals surface area contributed by atoms with Crippen molar-refractivity contribution in [2.75, 3.05) is 13.7 Å². The number of hydrogen-bond acceptors (Lipinski definition) is 5. The summed E-state index contributed by atoms with van der Waals surface area (Å²) in [5.41, 5.74) is 0.835. The first-order chi connectivity index (χ1) is 14.1. The molecule has 2 N–H and O–H groups in total. The van der Waals surface area contributed by atoms with E-state index in [0.717, 1.165) is 5.56 Å². The number of hydrogen-bond donors (Lipinski definition) is 2. The van der Waals surface area contributed by atoms with Crippen LogP contribution in [0.3, 0.4) is 0 Å². The van der Waals surface area contributed by atoms with Crippen molar-refractivity contribution in [1.82, 2.24) is 0 Å². The lowest BCUT2D eigenvalue weighted by atomic mass is 9.81. The number of rotatable bonds is 8. The third-order valence-electron chi connectivity index (χ3n) is 4.87. The predicted octanol–water partition coefficient (Wildman–Crippen LogP) is 3.43. The molecule has 0 aliphatic heterocycles. The second kappa shape index (κ2) is 9.37. The second-order valence-electron chi connectivity index (χ2n) is 6.66. The average molecular weight is 392 g/mol. The highest BCUT2D eigenvalue weighted by Crippen LogP contribution is 2.38. The van der Waals surface area contributed by atoms with Crippen LogP contribution in [0.1, 0.15) is 16.7 Å². The van der Waals surface area contributed by atoms with E-state index < -0.39 is 17.7 Å². The van der Waals surface area contributed by atoms with Gasteiger partial charge in [-0.2, -0.15) is 0 Å². The smallest absolute Gasteiger partial charge is 0.338 e. The minimum Gasteiger partial charge on any atom is -0.508 e. The topological polar surface area (TPSA) is 76.0 Å². The van der Waals surface area contributed by atoms with Gasteiger partial charge in [-0.25, -0.2) is 4.79 Å². The number of phenols is 1. The van der Waals surface area contributed by atoms with Gasteiger partial charge in [0, 0.05) is 0 Å². The van der Waals surface area contributed by atoms with Gasteiger partial charge in [0.15, 0.2) is 11.7 Å². The summed E-state index contributed by atoms with van der Waals surface area (Å²) in [5, 5.41) is 20.5. The van der Waals surface area contributed by atoms with Crippen molar-refractivity contribution in [1.29, 1.82) is 0 Å². The Labute approximate surface area is 170 Å². The van der Waals surface area contributed by atoms with Crippen LogP contribution in [0.2, 0.25) is 0 Å². The van der Waals surface area contributed by atoms with Gasteiger partial charge in [0.25, 0.3) is 0 Å². The molecule has 5 nitrogen and oxygen atoms in total. The van der Waals surface area contributed by atoms with Gasteiger partial charge in [-0.3, -0.25) is 0 Å². The van der Waals surface area contributed by atoms with Crippen molar-refractivity contribution in [3.8, 4) is 5.75 Å². The van der Waals surface area contributed by atoms with E-state index in [2.05, 4.69) is 0 Å². The lowest BCUT2D eigenvalue weighted by Gasteiger charge is -2.37. The summed E-state index contributed by atoms with van der Waals surface area (Å²) >= 11 is 0. The normalized spacial score (nSPS) is 12.3. The highest BCUT2D eigenvalue weighted by molar-refractivity contribution is 5.77. The summed E-state index contributed by atoms with van der Waals surface area (Å²) in [5.74, 6) is -0.582. The van der Waals surface area contributed by atoms with Gasteiger partial charge < -0.3 is 19.7 Å². The molecule has 3 aromatic rings. The highest BCUT2D eigenvalue weighted by atomic mass is 16.6. The zero-order chi connectivity index (χ0) is 20.7. The van der Waals surface area contributed by atoms with E-state index in [-0.39, 0.29) is 12.4 Å². The first-order valence-corrected chi connectivity index (χ1v) is 9.36. The van der Waals surface area contributed by atoms with Gasteiger partial charge in [-0.1, -0.05) is 72.8 Å². The van der Waals surface area contributed by atoms with Gasteiger partial charge in [-0.15, -0.1) is 0 Å². The number of aliphatic hydroxyl groups is 1. The SMILES string of the molecule is COC(=O)C(O)C(OCCc1ccc(O)cc1)(c1ccccc1)c1ccccc1. The van der Waals surface area contributed by atoms with E-state index >= 15 is 0 Å². The van der Waals surface area contributed by atoms with Crippen LogP contribution in [0, 0.1) is 0 Å². The molecule has 0 amide bonds. The first kappa shape index (κ1) is 20.6. The maximum atomic E-state index is 12.4. The third-order valence-corrected chi connectivity index (χ3v) is 4.87. The van der Waals surface area contributed by atoms with Crippen molar-refractivity contribution in [2.45, 2.75) is 18.1 Å². The monoisotopic (exact) mass is 392 g/mol. The van der Waals surface area contributed by atoms with Crippen LogP contribution >= 0.6 is 0 Å². The Morgan fingerprint density at radius 3 is 1.90 bits per heavy atom. The molecule has 5 heteroatoms. The lowest BCUT2D eigenvalue weighted by Crippen LogP contribution is -2.48. The second-order valence-corrected chi connectivity index (χ2v) is 6.66. The zero-order valence-electron chi connectivity index (χ0n) is 16.2. The number of aromatic hydroxyl groups is 1. The van der Waals surface area contributed by atoms with Crippen LogP contribution in [-0.4, -0.2) is 36.0 Å². The van der Waals surface area contributed by atoms with Gasteiger partial charge in [-0.05, 0) is 35.2 Å². The van der Waals surface area contributed by atoms with E-state index in [9.17, 15) is 15.0 Å². The Morgan fingerprint density at radius 1 is 0.897 bits per heavy atom. The largest absolute Gasteiger partial charge is 0.508 e. The maximum Gasteiger partial charge on any atom is 0.338 e. The fourth-order valence-corrected chi connectivity index (χ4v) is 3.37. The minimum atomic E-state index is -1.56. The Morgan fingerprint density at radius 2 is 1.41 bits per heavy atom. The number of ether oxygens (including phenoxy) is 2. The fraction of sp³-hybridized carbons (Fsp3) is 0.208. The molecule has 0 saturated heterocycles. The van der Waals surface area contributed by atoms with Crippen molar-refractivity contribution in [3.63, 3.8) is 0 Å². The van der Waals surface area contributed by atoms with Crippen LogP contribution in [-0.2, 0) is 26.3 Å². The molecule has 0 bridgehead atoms. The zero-order valence-corrected chi connectivity index (χ0v) is 16.2. The quantitative estimate of drug-likeness (QED) is 0.575. The summed E-state index contributed by atoms with van der Waals surface area (Å²) in [7, 11) is 1.24. The van der Waals surface area contributed by atoms with Gasteiger partial charge >= 0.3 is 5.97 Å². The third kappa shape index (κ3) is 4.47. The fourth-order valence-electron chi connectivity index (χ4n) is 3.37. The Balaban J connectivity index is 2.01. The summed E-state index contributed by atoms with van der Waals surface area (Å²) in [4.78, 5) is 12.4. The molecule has 0 aromatic heterocycles. The average Bonchev–Trinajstić information content (AvgIpc) is 2.78. The summed E-state index contributed by atoms with van der Waals surface area (Å²) in [6, 6.07) is 25.2. The van der Waals surface area contributed by atoms with Crippen LogP contribution in [0.25, 0.3) is 0 Å². The van der Waals surface area contributed by atoms with Crippen molar-refractivity contribution >= 4 is 5.97 Å². The van der Waals surface area contributed by atoms with Gasteiger partial charge in [0.2, 0.25) is 0 Å². The van der Waals surface area contributed by atoms with E-state index in [1.807, 2.05) is 72.8 Å². The summed E-state index contributed by atoms with van der Waals surface area (Å²) < 4.78 is 11.1. The van der Waals surface area contributed by atoms with Crippen molar-refractivity contribution < 1.29 is 24.5 Å². The molecule has 0 radical (unpaired) electrons. The molecule has 0 heterocycles.